The molecule has 1 aliphatic heterocycles. The molecular formula is C23H27N3O3. The van der Waals surface area contributed by atoms with Crippen molar-refractivity contribution in [3.05, 3.63) is 71.3 Å². The lowest BCUT2D eigenvalue weighted by Gasteiger charge is -2.32. The third-order valence-corrected chi connectivity index (χ3v) is 4.98. The van der Waals surface area contributed by atoms with E-state index in [2.05, 4.69) is 39.0 Å². The third kappa shape index (κ3) is 6.27. The quantitative estimate of drug-likeness (QED) is 0.604. The summed E-state index contributed by atoms with van der Waals surface area (Å²) in [5.74, 6) is -0.580. The van der Waals surface area contributed by atoms with Crippen molar-refractivity contribution < 1.29 is 14.3 Å². The average Bonchev–Trinajstić information content (AvgIpc) is 2.75. The Bertz CT molecular complexity index is 852. The molecular weight excluding hydrogens is 366 g/mol. The molecule has 0 bridgehead atoms. The van der Waals surface area contributed by atoms with Crippen LogP contribution in [0.25, 0.3) is 6.08 Å². The first-order valence-corrected chi connectivity index (χ1v) is 9.71. The molecule has 1 amide bonds. The number of nitrogens with zero attached hydrogens (tertiary/aromatic N) is 2. The molecule has 6 heteroatoms. The number of carbonyl (C=O) groups excluding carboxylic acids is 2. The summed E-state index contributed by atoms with van der Waals surface area (Å²) in [6.45, 7) is 5.31. The highest BCUT2D eigenvalue weighted by atomic mass is 16.5. The number of likely N-dealkylation sites (N-methyl/N-ethyl adjacent to an activating group) is 1. The van der Waals surface area contributed by atoms with Crippen LogP contribution >= 0.6 is 0 Å². The second kappa shape index (κ2) is 10.0. The highest BCUT2D eigenvalue weighted by Gasteiger charge is 2.13. The van der Waals surface area contributed by atoms with Gasteiger partial charge in [-0.05, 0) is 48.5 Å². The molecule has 2 aromatic carbocycles. The Balaban J connectivity index is 1.50. The van der Waals surface area contributed by atoms with Crippen molar-refractivity contribution >= 4 is 23.6 Å². The van der Waals surface area contributed by atoms with E-state index in [0.717, 1.165) is 44.0 Å². The number of piperazine rings is 1. The van der Waals surface area contributed by atoms with Crippen LogP contribution < -0.4 is 5.32 Å². The van der Waals surface area contributed by atoms with E-state index in [1.807, 2.05) is 12.1 Å². The van der Waals surface area contributed by atoms with Gasteiger partial charge in [0.15, 0.2) is 0 Å². The molecule has 6 nitrogen and oxygen atoms in total. The summed E-state index contributed by atoms with van der Waals surface area (Å²) in [5, 5.41) is 2.87. The van der Waals surface area contributed by atoms with E-state index in [1.54, 1.807) is 30.3 Å². The number of hydrogen-bond acceptors (Lipinski definition) is 5. The van der Waals surface area contributed by atoms with Crippen molar-refractivity contribution in [2.24, 2.45) is 0 Å². The maximum absolute atomic E-state index is 12.2. The van der Waals surface area contributed by atoms with Crippen LogP contribution in [0.1, 0.15) is 21.5 Å². The fraction of sp³-hybridized carbons (Fsp3) is 0.304. The van der Waals surface area contributed by atoms with Gasteiger partial charge in [-0.15, -0.1) is 0 Å². The molecule has 0 saturated carbocycles. The summed E-state index contributed by atoms with van der Waals surface area (Å²) >= 11 is 0. The number of anilines is 1. The van der Waals surface area contributed by atoms with Gasteiger partial charge in [0, 0.05) is 44.5 Å². The number of ether oxygens (including phenoxy) is 1. The lowest BCUT2D eigenvalue weighted by molar-refractivity contribution is -0.111. The van der Waals surface area contributed by atoms with E-state index in [9.17, 15) is 9.59 Å². The summed E-state index contributed by atoms with van der Waals surface area (Å²) < 4.78 is 4.67. The summed E-state index contributed by atoms with van der Waals surface area (Å²) in [5.41, 5.74) is 3.32. The maximum atomic E-state index is 12.2. The Hall–Kier alpha value is -2.96. The van der Waals surface area contributed by atoms with E-state index in [0.29, 0.717) is 5.56 Å². The van der Waals surface area contributed by atoms with Crippen molar-refractivity contribution in [2.45, 2.75) is 6.54 Å². The number of esters is 1. The van der Waals surface area contributed by atoms with Gasteiger partial charge in [-0.3, -0.25) is 9.69 Å². The lowest BCUT2D eigenvalue weighted by atomic mass is 10.1. The van der Waals surface area contributed by atoms with Crippen molar-refractivity contribution in [3.8, 4) is 0 Å². The molecule has 152 valence electrons. The minimum atomic E-state index is -0.380. The van der Waals surface area contributed by atoms with Crippen molar-refractivity contribution in [2.75, 3.05) is 45.7 Å². The maximum Gasteiger partial charge on any atom is 0.337 e. The predicted octanol–water partition coefficient (Wildman–Crippen LogP) is 2.87. The SMILES string of the molecule is COC(=O)c1ccc(/C=C/C(=O)Nc2ccc(CN3CCN(C)CC3)cc2)cc1. The zero-order chi connectivity index (χ0) is 20.6. The number of carbonyl (C=O) groups is 2. The Morgan fingerprint density at radius 2 is 1.66 bits per heavy atom. The Morgan fingerprint density at radius 1 is 1.00 bits per heavy atom. The van der Waals surface area contributed by atoms with Gasteiger partial charge in [0.2, 0.25) is 5.91 Å². The van der Waals surface area contributed by atoms with Crippen molar-refractivity contribution in [1.29, 1.82) is 0 Å². The van der Waals surface area contributed by atoms with Gasteiger partial charge < -0.3 is 15.0 Å². The lowest BCUT2D eigenvalue weighted by Crippen LogP contribution is -2.43. The zero-order valence-electron chi connectivity index (χ0n) is 16.9. The molecule has 1 aliphatic rings. The van der Waals surface area contributed by atoms with Crippen LogP contribution in [-0.4, -0.2) is 62.0 Å². The summed E-state index contributed by atoms with van der Waals surface area (Å²) in [4.78, 5) is 28.4. The highest BCUT2D eigenvalue weighted by Crippen LogP contribution is 2.13. The van der Waals surface area contributed by atoms with Crippen LogP contribution in [0.2, 0.25) is 0 Å². The molecule has 1 fully saturated rings. The Morgan fingerprint density at radius 3 is 2.28 bits per heavy atom. The minimum absolute atomic E-state index is 0.200. The van der Waals surface area contributed by atoms with Crippen molar-refractivity contribution in [3.63, 3.8) is 0 Å². The first-order chi connectivity index (χ1) is 14.0. The third-order valence-electron chi connectivity index (χ3n) is 4.98. The van der Waals surface area contributed by atoms with E-state index < -0.39 is 0 Å². The van der Waals surface area contributed by atoms with Crippen LogP contribution in [-0.2, 0) is 16.1 Å². The van der Waals surface area contributed by atoms with Crippen LogP contribution in [0.4, 0.5) is 5.69 Å². The topological polar surface area (TPSA) is 61.9 Å². The first kappa shape index (κ1) is 20.8. The van der Waals surface area contributed by atoms with E-state index in [4.69, 9.17) is 0 Å². The second-order valence-corrected chi connectivity index (χ2v) is 7.21. The molecule has 2 aromatic rings. The highest BCUT2D eigenvalue weighted by molar-refractivity contribution is 6.02. The number of nitrogens with one attached hydrogen (secondary N) is 1. The molecule has 1 heterocycles. The van der Waals surface area contributed by atoms with Gasteiger partial charge in [0.25, 0.3) is 0 Å². The van der Waals surface area contributed by atoms with Gasteiger partial charge in [0.1, 0.15) is 0 Å². The average molecular weight is 393 g/mol. The van der Waals surface area contributed by atoms with Crippen LogP contribution in [0.3, 0.4) is 0 Å². The van der Waals surface area contributed by atoms with Gasteiger partial charge in [-0.2, -0.15) is 0 Å². The van der Waals surface area contributed by atoms with Crippen molar-refractivity contribution in [1.82, 2.24) is 9.80 Å². The molecule has 0 aromatic heterocycles. The molecule has 0 spiro atoms. The monoisotopic (exact) mass is 393 g/mol. The number of benzene rings is 2. The fourth-order valence-electron chi connectivity index (χ4n) is 3.16. The first-order valence-electron chi connectivity index (χ1n) is 9.71. The fourth-order valence-corrected chi connectivity index (χ4v) is 3.16. The van der Waals surface area contributed by atoms with E-state index >= 15 is 0 Å². The number of amides is 1. The Labute approximate surface area is 171 Å². The predicted molar refractivity (Wildman–Crippen MR) is 115 cm³/mol. The molecule has 3 rings (SSSR count). The molecule has 0 unspecified atom stereocenters. The standard InChI is InChI=1S/C23H27N3O3/c1-25-13-15-26(16-14-25)17-19-5-10-21(11-6-19)24-22(27)12-7-18-3-8-20(9-4-18)23(28)29-2/h3-12H,13-17H2,1-2H3,(H,24,27)/b12-7+. The summed E-state index contributed by atoms with van der Waals surface area (Å²) in [6.07, 6.45) is 3.18. The number of hydrogen-bond donors (Lipinski definition) is 1. The van der Waals surface area contributed by atoms with Crippen LogP contribution in [0, 0.1) is 0 Å². The number of rotatable bonds is 6. The van der Waals surface area contributed by atoms with Crippen LogP contribution in [0.15, 0.2) is 54.6 Å². The summed E-state index contributed by atoms with van der Waals surface area (Å²) in [6, 6.07) is 14.9. The Kier molecular flexibility index (Phi) is 7.16. The molecule has 0 radical (unpaired) electrons. The summed E-state index contributed by atoms with van der Waals surface area (Å²) in [7, 11) is 3.50. The molecule has 0 atom stereocenters. The van der Waals surface area contributed by atoms with Gasteiger partial charge in [-0.25, -0.2) is 4.79 Å². The zero-order valence-corrected chi connectivity index (χ0v) is 16.9. The van der Waals surface area contributed by atoms with Crippen LogP contribution in [0.5, 0.6) is 0 Å². The second-order valence-electron chi connectivity index (χ2n) is 7.21. The van der Waals surface area contributed by atoms with E-state index in [1.165, 1.54) is 18.7 Å². The molecule has 1 N–H and O–H groups in total. The van der Waals surface area contributed by atoms with Gasteiger partial charge in [0.05, 0.1) is 12.7 Å². The molecule has 1 saturated heterocycles. The van der Waals surface area contributed by atoms with Gasteiger partial charge in [-0.1, -0.05) is 24.3 Å². The smallest absolute Gasteiger partial charge is 0.337 e. The largest absolute Gasteiger partial charge is 0.465 e. The molecule has 29 heavy (non-hydrogen) atoms. The molecule has 0 aliphatic carbocycles. The normalized spacial score (nSPS) is 15.4. The van der Waals surface area contributed by atoms with E-state index in [-0.39, 0.29) is 11.9 Å². The minimum Gasteiger partial charge on any atom is -0.465 e. The van der Waals surface area contributed by atoms with Gasteiger partial charge >= 0.3 is 5.97 Å². The number of methoxy groups -OCH3 is 1.